The molecule has 1 amide bonds. The van der Waals surface area contributed by atoms with Crippen molar-refractivity contribution in [1.82, 2.24) is 15.1 Å². The molecule has 4 rings (SSSR count). The summed E-state index contributed by atoms with van der Waals surface area (Å²) in [6.07, 6.45) is 9.67. The van der Waals surface area contributed by atoms with Gasteiger partial charge in [0.2, 0.25) is 0 Å². The third kappa shape index (κ3) is 5.40. The fourth-order valence-electron chi connectivity index (χ4n) is 3.98. The second-order valence-corrected chi connectivity index (χ2v) is 8.73. The number of aromatic carboxylic acids is 1. The van der Waals surface area contributed by atoms with E-state index in [0.717, 1.165) is 29.2 Å². The predicted molar refractivity (Wildman–Crippen MR) is 129 cm³/mol. The molecule has 2 N–H and O–H groups in total. The molecule has 1 saturated carbocycles. The van der Waals surface area contributed by atoms with Crippen LogP contribution in [0.5, 0.6) is 0 Å². The number of allylic oxidation sites excluding steroid dienone is 1. The van der Waals surface area contributed by atoms with Crippen LogP contribution in [0.3, 0.4) is 0 Å². The quantitative estimate of drug-likeness (QED) is 0.499. The van der Waals surface area contributed by atoms with E-state index in [1.54, 1.807) is 22.9 Å². The summed E-state index contributed by atoms with van der Waals surface area (Å²) in [5.74, 6) is -0.399. The second kappa shape index (κ2) is 9.86. The number of carboxylic acid groups (broad SMARTS) is 1. The van der Waals surface area contributed by atoms with Crippen LogP contribution >= 0.6 is 0 Å². The SMILES string of the molecule is Cc1ccc(-c2cc(C(=O)NCc3ccc(C(=O)O)cc3)nn2C)cc1C=CCC1CCC1. The van der Waals surface area contributed by atoms with Crippen LogP contribution in [0.1, 0.15) is 63.2 Å². The van der Waals surface area contributed by atoms with E-state index in [1.807, 2.05) is 7.05 Å². The minimum atomic E-state index is -0.972. The Hall–Kier alpha value is -3.67. The summed E-state index contributed by atoms with van der Waals surface area (Å²) in [7, 11) is 1.84. The van der Waals surface area contributed by atoms with E-state index in [0.29, 0.717) is 12.2 Å². The van der Waals surface area contributed by atoms with Gasteiger partial charge in [-0.3, -0.25) is 9.48 Å². The zero-order valence-corrected chi connectivity index (χ0v) is 19.0. The Balaban J connectivity index is 1.44. The smallest absolute Gasteiger partial charge is 0.335 e. The number of aryl methyl sites for hydroxylation is 2. The number of benzene rings is 2. The molecule has 0 aliphatic heterocycles. The van der Waals surface area contributed by atoms with Crippen LogP contribution in [0.2, 0.25) is 0 Å². The largest absolute Gasteiger partial charge is 0.478 e. The fraction of sp³-hybridized carbons (Fsp3) is 0.296. The van der Waals surface area contributed by atoms with Gasteiger partial charge in [0.05, 0.1) is 11.3 Å². The van der Waals surface area contributed by atoms with Crippen molar-refractivity contribution in [2.75, 3.05) is 0 Å². The van der Waals surface area contributed by atoms with Gasteiger partial charge in [-0.2, -0.15) is 5.10 Å². The van der Waals surface area contributed by atoms with Gasteiger partial charge in [0, 0.05) is 19.2 Å². The average molecular weight is 444 g/mol. The van der Waals surface area contributed by atoms with Gasteiger partial charge in [-0.25, -0.2) is 4.79 Å². The molecule has 170 valence electrons. The molecule has 33 heavy (non-hydrogen) atoms. The summed E-state index contributed by atoms with van der Waals surface area (Å²) in [6, 6.07) is 14.5. The number of nitrogens with one attached hydrogen (secondary N) is 1. The third-order valence-electron chi connectivity index (χ3n) is 6.33. The Morgan fingerprint density at radius 1 is 1.15 bits per heavy atom. The van der Waals surface area contributed by atoms with Crippen molar-refractivity contribution < 1.29 is 14.7 Å². The average Bonchev–Trinajstić information content (AvgIpc) is 3.17. The number of amides is 1. The number of carboxylic acids is 1. The van der Waals surface area contributed by atoms with Gasteiger partial charge in [0.15, 0.2) is 5.69 Å². The highest BCUT2D eigenvalue weighted by Crippen LogP contribution is 2.30. The van der Waals surface area contributed by atoms with Gasteiger partial charge in [-0.1, -0.05) is 55.7 Å². The Morgan fingerprint density at radius 2 is 1.91 bits per heavy atom. The summed E-state index contributed by atoms with van der Waals surface area (Å²) >= 11 is 0. The van der Waals surface area contributed by atoms with Gasteiger partial charge in [0.1, 0.15) is 0 Å². The van der Waals surface area contributed by atoms with E-state index in [-0.39, 0.29) is 11.5 Å². The van der Waals surface area contributed by atoms with E-state index in [9.17, 15) is 9.59 Å². The lowest BCUT2D eigenvalue weighted by atomic mass is 9.83. The zero-order chi connectivity index (χ0) is 23.4. The van der Waals surface area contributed by atoms with Crippen molar-refractivity contribution in [3.63, 3.8) is 0 Å². The second-order valence-electron chi connectivity index (χ2n) is 8.73. The van der Waals surface area contributed by atoms with Crippen LogP contribution in [-0.2, 0) is 13.6 Å². The number of aromatic nitrogens is 2. The molecule has 0 unspecified atom stereocenters. The molecule has 0 bridgehead atoms. The van der Waals surface area contributed by atoms with Crippen molar-refractivity contribution >= 4 is 18.0 Å². The summed E-state index contributed by atoms with van der Waals surface area (Å²) in [6.45, 7) is 2.41. The molecule has 0 radical (unpaired) electrons. The van der Waals surface area contributed by atoms with Crippen molar-refractivity contribution in [2.24, 2.45) is 13.0 Å². The summed E-state index contributed by atoms with van der Waals surface area (Å²) in [5.41, 5.74) is 5.68. The molecule has 0 saturated heterocycles. The first-order chi connectivity index (χ1) is 15.9. The Morgan fingerprint density at radius 3 is 2.58 bits per heavy atom. The summed E-state index contributed by atoms with van der Waals surface area (Å²) < 4.78 is 1.73. The highest BCUT2D eigenvalue weighted by Gasteiger charge is 2.16. The van der Waals surface area contributed by atoms with Gasteiger partial charge in [0.25, 0.3) is 5.91 Å². The maximum atomic E-state index is 12.7. The van der Waals surface area contributed by atoms with Crippen LogP contribution in [0, 0.1) is 12.8 Å². The molecule has 1 aliphatic carbocycles. The van der Waals surface area contributed by atoms with Crippen LogP contribution in [0.25, 0.3) is 17.3 Å². The number of hydrogen-bond acceptors (Lipinski definition) is 3. The first-order valence-electron chi connectivity index (χ1n) is 11.3. The van der Waals surface area contributed by atoms with E-state index < -0.39 is 5.97 Å². The Labute approximate surface area is 194 Å². The van der Waals surface area contributed by atoms with E-state index in [4.69, 9.17) is 5.11 Å². The summed E-state index contributed by atoms with van der Waals surface area (Å²) in [4.78, 5) is 23.6. The minimum Gasteiger partial charge on any atom is -0.478 e. The highest BCUT2D eigenvalue weighted by molar-refractivity contribution is 5.93. The van der Waals surface area contributed by atoms with Gasteiger partial charge < -0.3 is 10.4 Å². The monoisotopic (exact) mass is 443 g/mol. The summed E-state index contributed by atoms with van der Waals surface area (Å²) in [5, 5.41) is 16.2. The molecule has 6 nitrogen and oxygen atoms in total. The number of carbonyl (C=O) groups is 2. The molecule has 3 aromatic rings. The van der Waals surface area contributed by atoms with E-state index in [2.05, 4.69) is 47.7 Å². The van der Waals surface area contributed by atoms with Gasteiger partial charge in [-0.05, 0) is 60.2 Å². The molecule has 0 atom stereocenters. The van der Waals surface area contributed by atoms with Crippen molar-refractivity contribution in [3.8, 4) is 11.3 Å². The molecule has 1 fully saturated rings. The molecule has 6 heteroatoms. The van der Waals surface area contributed by atoms with Crippen LogP contribution in [0.15, 0.2) is 54.6 Å². The molecule has 0 spiro atoms. The van der Waals surface area contributed by atoms with Crippen LogP contribution < -0.4 is 5.32 Å². The first kappa shape index (κ1) is 22.5. The van der Waals surface area contributed by atoms with E-state index >= 15 is 0 Å². The minimum absolute atomic E-state index is 0.217. The predicted octanol–water partition coefficient (Wildman–Crippen LogP) is 5.23. The molecule has 2 aromatic carbocycles. The maximum Gasteiger partial charge on any atom is 0.335 e. The number of carbonyl (C=O) groups excluding carboxylic acids is 1. The van der Waals surface area contributed by atoms with Crippen LogP contribution in [-0.4, -0.2) is 26.8 Å². The van der Waals surface area contributed by atoms with E-state index in [1.165, 1.54) is 42.5 Å². The molecule has 1 heterocycles. The first-order valence-corrected chi connectivity index (χ1v) is 11.3. The van der Waals surface area contributed by atoms with Crippen molar-refractivity contribution in [1.29, 1.82) is 0 Å². The maximum absolute atomic E-state index is 12.7. The van der Waals surface area contributed by atoms with Gasteiger partial charge >= 0.3 is 5.97 Å². The van der Waals surface area contributed by atoms with Gasteiger partial charge in [-0.15, -0.1) is 0 Å². The van der Waals surface area contributed by atoms with Crippen molar-refractivity contribution in [3.05, 3.63) is 82.6 Å². The topological polar surface area (TPSA) is 84.2 Å². The lowest BCUT2D eigenvalue weighted by molar-refractivity contribution is 0.0696. The van der Waals surface area contributed by atoms with Crippen LogP contribution in [0.4, 0.5) is 0 Å². The number of hydrogen-bond donors (Lipinski definition) is 2. The highest BCUT2D eigenvalue weighted by atomic mass is 16.4. The molecule has 1 aromatic heterocycles. The molecular formula is C27H29N3O3. The normalized spacial score (nSPS) is 13.8. The zero-order valence-electron chi connectivity index (χ0n) is 19.0. The third-order valence-corrected chi connectivity index (χ3v) is 6.33. The fourth-order valence-corrected chi connectivity index (χ4v) is 3.98. The number of rotatable bonds is 8. The Bertz CT molecular complexity index is 1190. The Kier molecular flexibility index (Phi) is 6.73. The number of nitrogens with zero attached hydrogens (tertiary/aromatic N) is 2. The lowest BCUT2D eigenvalue weighted by Crippen LogP contribution is -2.23. The van der Waals surface area contributed by atoms with Crippen molar-refractivity contribution in [2.45, 2.75) is 39.2 Å². The molecule has 1 aliphatic rings. The lowest BCUT2D eigenvalue weighted by Gasteiger charge is -2.23. The molecular weight excluding hydrogens is 414 g/mol. The standard InChI is InChI=1S/C27H29N3O3/c1-18-9-12-23(15-22(18)8-4-7-19-5-3-6-19)25-16-24(29-30(25)2)26(31)28-17-20-10-13-21(14-11-20)27(32)33/h4,8-16,19H,3,5-7,17H2,1-2H3,(H,28,31)(H,32,33).